The Morgan fingerprint density at radius 2 is 2.47 bits per heavy atom. The van der Waals surface area contributed by atoms with Gasteiger partial charge < -0.3 is 9.64 Å². The summed E-state index contributed by atoms with van der Waals surface area (Å²) in [6.45, 7) is 1.49. The van der Waals surface area contributed by atoms with Gasteiger partial charge >= 0.3 is 0 Å². The molecule has 0 radical (unpaired) electrons. The second-order valence-corrected chi connectivity index (χ2v) is 6.01. The van der Waals surface area contributed by atoms with Crippen molar-refractivity contribution in [2.45, 2.75) is 25.3 Å². The first-order valence-corrected chi connectivity index (χ1v) is 6.98. The van der Waals surface area contributed by atoms with Crippen molar-refractivity contribution >= 4 is 17.2 Å². The van der Waals surface area contributed by atoms with E-state index in [0.29, 0.717) is 18.6 Å². The SMILES string of the molecule is COCC1(C(=O)N2CC[C@H]2c2cccs2)CC1. The van der Waals surface area contributed by atoms with Gasteiger partial charge in [-0.15, -0.1) is 11.3 Å². The summed E-state index contributed by atoms with van der Waals surface area (Å²) in [6, 6.07) is 4.52. The Morgan fingerprint density at radius 1 is 1.65 bits per heavy atom. The molecule has 1 saturated heterocycles. The molecule has 2 fully saturated rings. The van der Waals surface area contributed by atoms with Crippen molar-refractivity contribution in [3.8, 4) is 0 Å². The molecule has 1 aromatic rings. The fourth-order valence-corrected chi connectivity index (χ4v) is 3.43. The zero-order valence-corrected chi connectivity index (χ0v) is 10.8. The fraction of sp³-hybridized carbons (Fsp3) is 0.615. The maximum Gasteiger partial charge on any atom is 0.231 e. The van der Waals surface area contributed by atoms with Crippen molar-refractivity contribution in [3.05, 3.63) is 22.4 Å². The van der Waals surface area contributed by atoms with Gasteiger partial charge in [-0.25, -0.2) is 0 Å². The fourth-order valence-electron chi connectivity index (χ4n) is 2.56. The zero-order chi connectivity index (χ0) is 11.9. The Balaban J connectivity index is 1.71. The Labute approximate surface area is 105 Å². The molecule has 3 nitrogen and oxygen atoms in total. The van der Waals surface area contributed by atoms with Gasteiger partial charge in [0.05, 0.1) is 18.1 Å². The maximum atomic E-state index is 12.5. The minimum atomic E-state index is -0.176. The molecule has 1 aliphatic heterocycles. The summed E-state index contributed by atoms with van der Waals surface area (Å²) in [7, 11) is 1.68. The van der Waals surface area contributed by atoms with Crippen molar-refractivity contribution in [2.24, 2.45) is 5.41 Å². The number of thiophene rings is 1. The van der Waals surface area contributed by atoms with E-state index >= 15 is 0 Å². The van der Waals surface area contributed by atoms with Gasteiger partial charge in [-0.1, -0.05) is 6.07 Å². The number of carbonyl (C=O) groups is 1. The van der Waals surface area contributed by atoms with Crippen LogP contribution in [0.2, 0.25) is 0 Å². The Bertz CT molecular complexity index is 411. The number of nitrogens with zero attached hydrogens (tertiary/aromatic N) is 1. The summed E-state index contributed by atoms with van der Waals surface area (Å²) in [4.78, 5) is 15.8. The zero-order valence-electron chi connectivity index (χ0n) is 10.0. The highest BCUT2D eigenvalue weighted by molar-refractivity contribution is 7.10. The average Bonchev–Trinajstić information content (AvgIpc) is 2.86. The molecule has 1 atom stereocenters. The number of carbonyl (C=O) groups excluding carboxylic acids is 1. The van der Waals surface area contributed by atoms with E-state index in [1.165, 1.54) is 4.88 Å². The van der Waals surface area contributed by atoms with Gasteiger partial charge in [-0.2, -0.15) is 0 Å². The molecule has 0 bridgehead atoms. The number of hydrogen-bond acceptors (Lipinski definition) is 3. The molecular weight excluding hydrogens is 234 g/mol. The van der Waals surface area contributed by atoms with E-state index in [1.807, 2.05) is 4.90 Å². The lowest BCUT2D eigenvalue weighted by Gasteiger charge is -2.42. The highest BCUT2D eigenvalue weighted by Gasteiger charge is 2.54. The quantitative estimate of drug-likeness (QED) is 0.822. The van der Waals surface area contributed by atoms with Gasteiger partial charge in [0.2, 0.25) is 5.91 Å². The molecule has 1 saturated carbocycles. The first-order chi connectivity index (χ1) is 8.27. The summed E-state index contributed by atoms with van der Waals surface area (Å²) < 4.78 is 5.19. The van der Waals surface area contributed by atoms with Crippen LogP contribution in [0.4, 0.5) is 0 Å². The minimum absolute atomic E-state index is 0.176. The molecule has 2 aliphatic rings. The Hall–Kier alpha value is -0.870. The summed E-state index contributed by atoms with van der Waals surface area (Å²) in [5, 5.41) is 2.08. The lowest BCUT2D eigenvalue weighted by atomic mass is 9.96. The second-order valence-electron chi connectivity index (χ2n) is 5.03. The number of hydrogen-bond donors (Lipinski definition) is 0. The summed E-state index contributed by atoms with van der Waals surface area (Å²) in [5.41, 5.74) is -0.176. The molecule has 0 aromatic carbocycles. The van der Waals surface area contributed by atoms with Crippen LogP contribution in [0.3, 0.4) is 0 Å². The van der Waals surface area contributed by atoms with E-state index in [4.69, 9.17) is 4.74 Å². The number of amides is 1. The van der Waals surface area contributed by atoms with Crippen LogP contribution < -0.4 is 0 Å². The van der Waals surface area contributed by atoms with E-state index in [2.05, 4.69) is 17.5 Å². The van der Waals surface area contributed by atoms with Gasteiger partial charge in [-0.3, -0.25) is 4.79 Å². The first kappa shape index (κ1) is 11.2. The Kier molecular flexibility index (Phi) is 2.71. The highest BCUT2D eigenvalue weighted by Crippen LogP contribution is 2.50. The number of methoxy groups -OCH3 is 1. The first-order valence-electron chi connectivity index (χ1n) is 6.10. The molecule has 0 spiro atoms. The summed E-state index contributed by atoms with van der Waals surface area (Å²) in [6.07, 6.45) is 3.09. The molecule has 0 unspecified atom stereocenters. The maximum absolute atomic E-state index is 12.5. The number of likely N-dealkylation sites (tertiary alicyclic amines) is 1. The van der Waals surface area contributed by atoms with E-state index in [0.717, 1.165) is 25.8 Å². The van der Waals surface area contributed by atoms with E-state index in [9.17, 15) is 4.79 Å². The molecule has 3 rings (SSSR count). The molecule has 1 amide bonds. The van der Waals surface area contributed by atoms with Crippen molar-refractivity contribution in [3.63, 3.8) is 0 Å². The minimum Gasteiger partial charge on any atom is -0.384 e. The van der Waals surface area contributed by atoms with Crippen LogP contribution in [-0.4, -0.2) is 31.1 Å². The van der Waals surface area contributed by atoms with Crippen molar-refractivity contribution < 1.29 is 9.53 Å². The van der Waals surface area contributed by atoms with Crippen LogP contribution in [0.15, 0.2) is 17.5 Å². The summed E-state index contributed by atoms with van der Waals surface area (Å²) >= 11 is 1.75. The van der Waals surface area contributed by atoms with Crippen LogP contribution in [0, 0.1) is 5.41 Å². The molecule has 92 valence electrons. The van der Waals surface area contributed by atoms with Gasteiger partial charge in [0.15, 0.2) is 0 Å². The van der Waals surface area contributed by atoms with E-state index < -0.39 is 0 Å². The summed E-state index contributed by atoms with van der Waals surface area (Å²) in [5.74, 6) is 0.309. The van der Waals surface area contributed by atoms with E-state index in [1.54, 1.807) is 18.4 Å². The highest BCUT2D eigenvalue weighted by atomic mass is 32.1. The van der Waals surface area contributed by atoms with Crippen molar-refractivity contribution in [1.82, 2.24) is 4.90 Å². The third kappa shape index (κ3) is 1.79. The van der Waals surface area contributed by atoms with Gasteiger partial charge in [0.1, 0.15) is 0 Å². The van der Waals surface area contributed by atoms with Crippen LogP contribution in [0.1, 0.15) is 30.2 Å². The predicted molar refractivity (Wildman–Crippen MR) is 66.9 cm³/mol. The number of rotatable bonds is 4. The normalized spacial score (nSPS) is 25.5. The second kappa shape index (κ2) is 4.10. The van der Waals surface area contributed by atoms with E-state index in [-0.39, 0.29) is 5.41 Å². The largest absolute Gasteiger partial charge is 0.384 e. The molecule has 1 aliphatic carbocycles. The van der Waals surface area contributed by atoms with Crippen molar-refractivity contribution in [2.75, 3.05) is 20.3 Å². The predicted octanol–water partition coefficient (Wildman–Crippen LogP) is 2.45. The third-order valence-electron chi connectivity index (χ3n) is 3.88. The number of ether oxygens (including phenoxy) is 1. The topological polar surface area (TPSA) is 29.5 Å². The lowest BCUT2D eigenvalue weighted by molar-refractivity contribution is -0.147. The smallest absolute Gasteiger partial charge is 0.231 e. The van der Waals surface area contributed by atoms with Crippen LogP contribution in [0.5, 0.6) is 0 Å². The van der Waals surface area contributed by atoms with Gasteiger partial charge in [0, 0.05) is 18.5 Å². The van der Waals surface area contributed by atoms with Crippen LogP contribution >= 0.6 is 11.3 Å². The molecule has 1 aromatic heterocycles. The standard InChI is InChI=1S/C13H17NO2S/c1-16-9-13(5-6-13)12(15)14-7-4-10(14)11-3-2-8-17-11/h2-3,8,10H,4-7,9H2,1H3/t10-/m0/s1. The van der Waals surface area contributed by atoms with Gasteiger partial charge in [0.25, 0.3) is 0 Å². The molecular formula is C13H17NO2S. The lowest BCUT2D eigenvalue weighted by Crippen LogP contribution is -2.49. The Morgan fingerprint density at radius 3 is 2.94 bits per heavy atom. The molecule has 17 heavy (non-hydrogen) atoms. The molecule has 4 heteroatoms. The third-order valence-corrected chi connectivity index (χ3v) is 4.85. The monoisotopic (exact) mass is 251 g/mol. The van der Waals surface area contributed by atoms with Gasteiger partial charge in [-0.05, 0) is 30.7 Å². The van der Waals surface area contributed by atoms with Crippen molar-refractivity contribution in [1.29, 1.82) is 0 Å². The van der Waals surface area contributed by atoms with Crippen LogP contribution in [-0.2, 0) is 9.53 Å². The molecule has 0 N–H and O–H groups in total. The average molecular weight is 251 g/mol. The van der Waals surface area contributed by atoms with Crippen LogP contribution in [0.25, 0.3) is 0 Å². The molecule has 2 heterocycles.